The van der Waals surface area contributed by atoms with E-state index in [4.69, 9.17) is 10.8 Å². The van der Waals surface area contributed by atoms with Crippen LogP contribution >= 0.6 is 0 Å². The van der Waals surface area contributed by atoms with Crippen LogP contribution in [-0.2, 0) is 30.4 Å². The number of nitrogens with one attached hydrogen (secondary N) is 4. The molecule has 0 fully saturated rings. The zero-order valence-electron chi connectivity index (χ0n) is 21.3. The highest BCUT2D eigenvalue weighted by Gasteiger charge is 2.32. The number of hydrogen-bond donors (Lipinski definition) is 8. The number of aromatic amines is 1. The number of carbonyl (C=O) groups is 5. The molecule has 5 atom stereocenters. The normalized spacial score (nSPS) is 15.1. The molecule has 1 aromatic carbocycles. The molecule has 0 saturated carbocycles. The summed E-state index contributed by atoms with van der Waals surface area (Å²) >= 11 is 0. The number of fused-ring (bicyclic) bond motifs is 1. The van der Waals surface area contributed by atoms with Gasteiger partial charge in [0.1, 0.15) is 18.1 Å². The molecule has 0 aliphatic heterocycles. The van der Waals surface area contributed by atoms with Crippen LogP contribution in [0.5, 0.6) is 0 Å². The second-order valence-electron chi connectivity index (χ2n) is 9.12. The maximum absolute atomic E-state index is 13.0. The molecule has 208 valence electrons. The van der Waals surface area contributed by atoms with E-state index in [1.54, 1.807) is 20.0 Å². The third-order valence-electron chi connectivity index (χ3n) is 6.32. The Hall–Kier alpha value is -3.97. The quantitative estimate of drug-likeness (QED) is 0.147. The fourth-order valence-electron chi connectivity index (χ4n) is 3.85. The molecule has 1 aromatic heterocycles. The van der Waals surface area contributed by atoms with Gasteiger partial charge in [-0.1, -0.05) is 38.5 Å². The Morgan fingerprint density at radius 2 is 1.63 bits per heavy atom. The number of aliphatic hydroxyl groups excluding tert-OH is 1. The van der Waals surface area contributed by atoms with Crippen molar-refractivity contribution in [2.24, 2.45) is 11.7 Å². The topological polar surface area (TPSA) is 224 Å². The van der Waals surface area contributed by atoms with Crippen molar-refractivity contribution in [2.45, 2.75) is 63.7 Å². The Morgan fingerprint density at radius 1 is 0.974 bits per heavy atom. The molecule has 3 amide bonds. The van der Waals surface area contributed by atoms with Crippen molar-refractivity contribution in [3.63, 3.8) is 0 Å². The first kappa shape index (κ1) is 30.3. The first-order valence-electron chi connectivity index (χ1n) is 12.3. The van der Waals surface area contributed by atoms with Crippen LogP contribution in [-0.4, -0.2) is 80.7 Å². The fourth-order valence-corrected chi connectivity index (χ4v) is 3.85. The van der Waals surface area contributed by atoms with Crippen LogP contribution < -0.4 is 21.7 Å². The SMILES string of the molecule is CCC(C)C(NC(=O)C(N)Cc1c[nH]c2ccccc12)C(=O)NC(CO)C(=O)NC(CCC(=O)O)C(=O)O. The summed E-state index contributed by atoms with van der Waals surface area (Å²) in [6.45, 7) is 2.67. The van der Waals surface area contributed by atoms with Gasteiger partial charge in [-0.05, 0) is 30.4 Å². The van der Waals surface area contributed by atoms with E-state index in [1.165, 1.54) is 0 Å². The number of amides is 3. The number of hydrogen-bond acceptors (Lipinski definition) is 7. The fraction of sp³-hybridized carbons (Fsp3) is 0.480. The van der Waals surface area contributed by atoms with Crippen LogP contribution in [0, 0.1) is 5.92 Å². The molecule has 1 heterocycles. The third kappa shape index (κ3) is 8.28. The Bertz CT molecular complexity index is 1150. The Kier molecular flexibility index (Phi) is 11.2. The summed E-state index contributed by atoms with van der Waals surface area (Å²) in [6, 6.07) is 2.41. The van der Waals surface area contributed by atoms with Gasteiger partial charge in [0.15, 0.2) is 0 Å². The standard InChI is InChI=1S/C25H35N5O8/c1-3-13(2)21(30-22(34)16(26)10-14-11-27-17-7-5-4-6-15(14)17)24(36)29-19(12-31)23(35)28-18(25(37)38)8-9-20(32)33/h4-7,11,13,16,18-19,21,27,31H,3,8-10,12,26H2,1-2H3,(H,28,35)(H,29,36)(H,30,34)(H,32,33)(H,37,38). The second kappa shape index (κ2) is 14.1. The Labute approximate surface area is 219 Å². The molecule has 0 spiro atoms. The molecular weight excluding hydrogens is 498 g/mol. The van der Waals surface area contributed by atoms with Gasteiger partial charge in [0.25, 0.3) is 0 Å². The van der Waals surface area contributed by atoms with Gasteiger partial charge in [-0.2, -0.15) is 0 Å². The number of aromatic nitrogens is 1. The lowest BCUT2D eigenvalue weighted by Gasteiger charge is -2.27. The smallest absolute Gasteiger partial charge is 0.326 e. The molecule has 0 aliphatic carbocycles. The summed E-state index contributed by atoms with van der Waals surface area (Å²) in [5.74, 6) is -5.43. The van der Waals surface area contributed by atoms with Crippen molar-refractivity contribution in [3.8, 4) is 0 Å². The highest BCUT2D eigenvalue weighted by molar-refractivity contribution is 5.94. The zero-order chi connectivity index (χ0) is 28.4. The zero-order valence-corrected chi connectivity index (χ0v) is 21.3. The number of carbonyl (C=O) groups excluding carboxylic acids is 3. The van der Waals surface area contributed by atoms with Crippen molar-refractivity contribution in [3.05, 3.63) is 36.0 Å². The average molecular weight is 534 g/mol. The maximum Gasteiger partial charge on any atom is 0.326 e. The molecule has 0 aliphatic rings. The molecule has 38 heavy (non-hydrogen) atoms. The highest BCUT2D eigenvalue weighted by Crippen LogP contribution is 2.19. The summed E-state index contributed by atoms with van der Waals surface area (Å²) < 4.78 is 0. The van der Waals surface area contributed by atoms with Gasteiger partial charge in [-0.3, -0.25) is 19.2 Å². The number of carboxylic acid groups (broad SMARTS) is 2. The van der Waals surface area contributed by atoms with Gasteiger partial charge < -0.3 is 42.0 Å². The van der Waals surface area contributed by atoms with Gasteiger partial charge in [0.05, 0.1) is 12.6 Å². The molecule has 5 unspecified atom stereocenters. The first-order valence-corrected chi connectivity index (χ1v) is 12.3. The number of aliphatic hydroxyl groups is 1. The predicted octanol–water partition coefficient (Wildman–Crippen LogP) is -0.520. The molecule has 9 N–H and O–H groups in total. The van der Waals surface area contributed by atoms with Crippen molar-refractivity contribution >= 4 is 40.6 Å². The van der Waals surface area contributed by atoms with Crippen LogP contribution in [0.25, 0.3) is 10.9 Å². The van der Waals surface area contributed by atoms with Crippen molar-refractivity contribution in [2.75, 3.05) is 6.61 Å². The average Bonchev–Trinajstić information content (AvgIpc) is 3.29. The summed E-state index contributed by atoms with van der Waals surface area (Å²) in [6.07, 6.45) is 1.57. The lowest BCUT2D eigenvalue weighted by molar-refractivity contribution is -0.143. The first-order chi connectivity index (χ1) is 18.0. The number of benzene rings is 1. The van der Waals surface area contributed by atoms with E-state index in [0.29, 0.717) is 6.42 Å². The van der Waals surface area contributed by atoms with Gasteiger partial charge in [-0.25, -0.2) is 4.79 Å². The molecule has 0 bridgehead atoms. The predicted molar refractivity (Wildman–Crippen MR) is 137 cm³/mol. The summed E-state index contributed by atoms with van der Waals surface area (Å²) in [5.41, 5.74) is 7.87. The van der Waals surface area contributed by atoms with Crippen LogP contribution in [0.15, 0.2) is 30.5 Å². The van der Waals surface area contributed by atoms with E-state index < -0.39 is 66.9 Å². The van der Waals surface area contributed by atoms with Crippen molar-refractivity contribution in [1.82, 2.24) is 20.9 Å². The van der Waals surface area contributed by atoms with E-state index in [0.717, 1.165) is 16.5 Å². The maximum atomic E-state index is 13.0. The molecule has 2 rings (SSSR count). The number of aliphatic carboxylic acids is 2. The van der Waals surface area contributed by atoms with E-state index in [-0.39, 0.29) is 18.8 Å². The van der Waals surface area contributed by atoms with E-state index in [2.05, 4.69) is 20.9 Å². The summed E-state index contributed by atoms with van der Waals surface area (Å²) in [7, 11) is 0. The van der Waals surface area contributed by atoms with Gasteiger partial charge in [-0.15, -0.1) is 0 Å². The van der Waals surface area contributed by atoms with Crippen LogP contribution in [0.3, 0.4) is 0 Å². The minimum Gasteiger partial charge on any atom is -0.481 e. The number of para-hydroxylation sites is 1. The van der Waals surface area contributed by atoms with E-state index >= 15 is 0 Å². The molecule has 2 aromatic rings. The van der Waals surface area contributed by atoms with Crippen LogP contribution in [0.2, 0.25) is 0 Å². The largest absolute Gasteiger partial charge is 0.481 e. The minimum absolute atomic E-state index is 0.208. The van der Waals surface area contributed by atoms with E-state index in [1.807, 2.05) is 24.3 Å². The number of carboxylic acids is 2. The van der Waals surface area contributed by atoms with Gasteiger partial charge in [0.2, 0.25) is 17.7 Å². The van der Waals surface area contributed by atoms with Gasteiger partial charge in [0, 0.05) is 23.5 Å². The molecule has 0 radical (unpaired) electrons. The van der Waals surface area contributed by atoms with Gasteiger partial charge >= 0.3 is 11.9 Å². The second-order valence-corrected chi connectivity index (χ2v) is 9.12. The number of rotatable bonds is 15. The van der Waals surface area contributed by atoms with Crippen molar-refractivity contribution < 1.29 is 39.3 Å². The lowest BCUT2D eigenvalue weighted by Crippen LogP contribution is -2.59. The lowest BCUT2D eigenvalue weighted by atomic mass is 9.97. The van der Waals surface area contributed by atoms with Crippen LogP contribution in [0.4, 0.5) is 0 Å². The number of H-pyrrole nitrogens is 1. The molecular formula is C25H35N5O8. The molecule has 13 nitrogen and oxygen atoms in total. The van der Waals surface area contributed by atoms with Crippen LogP contribution in [0.1, 0.15) is 38.7 Å². The number of nitrogens with two attached hydrogens (primary N) is 1. The minimum atomic E-state index is -1.53. The molecule has 0 saturated heterocycles. The highest BCUT2D eigenvalue weighted by atomic mass is 16.4. The monoisotopic (exact) mass is 533 g/mol. The summed E-state index contributed by atoms with van der Waals surface area (Å²) in [4.78, 5) is 63.7. The molecule has 13 heteroatoms. The van der Waals surface area contributed by atoms with Crippen molar-refractivity contribution in [1.29, 1.82) is 0 Å². The Morgan fingerprint density at radius 3 is 2.24 bits per heavy atom. The Balaban J connectivity index is 2.07. The third-order valence-corrected chi connectivity index (χ3v) is 6.32. The van der Waals surface area contributed by atoms with E-state index in [9.17, 15) is 34.2 Å². The summed E-state index contributed by atoms with van der Waals surface area (Å²) in [5, 5.41) is 35.7.